The SMILES string of the molecule is CCCC(N)OC(=O)CC. The molecule has 0 radical (unpaired) electrons. The van der Waals surface area contributed by atoms with Crippen LogP contribution in [0.4, 0.5) is 0 Å². The van der Waals surface area contributed by atoms with E-state index in [2.05, 4.69) is 0 Å². The highest BCUT2D eigenvalue weighted by Crippen LogP contribution is 1.96. The first-order valence-electron chi connectivity index (χ1n) is 3.65. The average molecular weight is 145 g/mol. The third kappa shape index (κ3) is 4.32. The Balaban J connectivity index is 3.37. The molecule has 0 aromatic heterocycles. The zero-order valence-corrected chi connectivity index (χ0v) is 6.59. The van der Waals surface area contributed by atoms with Gasteiger partial charge in [-0.15, -0.1) is 0 Å². The van der Waals surface area contributed by atoms with Crippen molar-refractivity contribution in [1.29, 1.82) is 0 Å². The molecule has 1 unspecified atom stereocenters. The second-order valence-corrected chi connectivity index (χ2v) is 2.17. The molecular weight excluding hydrogens is 130 g/mol. The van der Waals surface area contributed by atoms with E-state index < -0.39 is 6.23 Å². The highest BCUT2D eigenvalue weighted by molar-refractivity contribution is 5.68. The zero-order chi connectivity index (χ0) is 7.98. The second kappa shape index (κ2) is 5.23. The standard InChI is InChI=1S/C7H15NO2/c1-3-5-6(8)10-7(9)4-2/h6H,3-5,8H2,1-2H3. The highest BCUT2D eigenvalue weighted by Gasteiger charge is 2.04. The monoisotopic (exact) mass is 145 g/mol. The van der Waals surface area contributed by atoms with Gasteiger partial charge in [-0.3, -0.25) is 10.5 Å². The van der Waals surface area contributed by atoms with Crippen molar-refractivity contribution in [2.75, 3.05) is 0 Å². The first-order valence-corrected chi connectivity index (χ1v) is 3.65. The van der Waals surface area contributed by atoms with Gasteiger partial charge in [0.15, 0.2) is 6.23 Å². The van der Waals surface area contributed by atoms with E-state index in [4.69, 9.17) is 10.5 Å². The van der Waals surface area contributed by atoms with Crippen LogP contribution >= 0.6 is 0 Å². The van der Waals surface area contributed by atoms with Gasteiger partial charge in [-0.2, -0.15) is 0 Å². The molecule has 0 aliphatic heterocycles. The van der Waals surface area contributed by atoms with Crippen molar-refractivity contribution in [2.45, 2.75) is 39.3 Å². The molecule has 3 heteroatoms. The molecule has 60 valence electrons. The second-order valence-electron chi connectivity index (χ2n) is 2.17. The van der Waals surface area contributed by atoms with E-state index in [-0.39, 0.29) is 5.97 Å². The number of ether oxygens (including phenoxy) is 1. The van der Waals surface area contributed by atoms with E-state index in [0.717, 1.165) is 12.8 Å². The summed E-state index contributed by atoms with van der Waals surface area (Å²) in [7, 11) is 0. The Morgan fingerprint density at radius 1 is 1.60 bits per heavy atom. The van der Waals surface area contributed by atoms with Gasteiger partial charge >= 0.3 is 5.97 Å². The fraction of sp³-hybridized carbons (Fsp3) is 0.857. The average Bonchev–Trinajstić information content (AvgIpc) is 1.88. The molecule has 0 rings (SSSR count). The van der Waals surface area contributed by atoms with Crippen molar-refractivity contribution >= 4 is 5.97 Å². The quantitative estimate of drug-likeness (QED) is 0.474. The summed E-state index contributed by atoms with van der Waals surface area (Å²) in [6, 6.07) is 0. The van der Waals surface area contributed by atoms with Gasteiger partial charge in [0.05, 0.1) is 0 Å². The maximum atomic E-state index is 10.6. The molecule has 0 heterocycles. The van der Waals surface area contributed by atoms with Gasteiger partial charge < -0.3 is 4.74 Å². The Hall–Kier alpha value is -0.570. The smallest absolute Gasteiger partial charge is 0.307 e. The molecular formula is C7H15NO2. The summed E-state index contributed by atoms with van der Waals surface area (Å²) in [4.78, 5) is 10.6. The Bertz CT molecular complexity index is 104. The number of hydrogen-bond acceptors (Lipinski definition) is 3. The number of nitrogens with two attached hydrogens (primary N) is 1. The highest BCUT2D eigenvalue weighted by atomic mass is 16.6. The van der Waals surface area contributed by atoms with Crippen LogP contribution in [-0.2, 0) is 9.53 Å². The van der Waals surface area contributed by atoms with Gasteiger partial charge in [0.1, 0.15) is 0 Å². The Morgan fingerprint density at radius 2 is 2.20 bits per heavy atom. The van der Waals surface area contributed by atoms with E-state index in [1.54, 1.807) is 6.92 Å². The van der Waals surface area contributed by atoms with E-state index >= 15 is 0 Å². The van der Waals surface area contributed by atoms with Crippen molar-refractivity contribution in [3.63, 3.8) is 0 Å². The van der Waals surface area contributed by atoms with E-state index in [1.165, 1.54) is 0 Å². The van der Waals surface area contributed by atoms with Crippen molar-refractivity contribution in [2.24, 2.45) is 5.73 Å². The number of carbonyl (C=O) groups excluding carboxylic acids is 1. The summed E-state index contributed by atoms with van der Waals surface area (Å²) >= 11 is 0. The lowest BCUT2D eigenvalue weighted by Crippen LogP contribution is -2.26. The van der Waals surface area contributed by atoms with Crippen molar-refractivity contribution in [3.8, 4) is 0 Å². The minimum absolute atomic E-state index is 0.221. The van der Waals surface area contributed by atoms with Gasteiger partial charge in [-0.1, -0.05) is 20.3 Å². The summed E-state index contributed by atoms with van der Waals surface area (Å²) in [6.45, 7) is 3.75. The fourth-order valence-corrected chi connectivity index (χ4v) is 0.596. The number of rotatable bonds is 4. The summed E-state index contributed by atoms with van der Waals surface area (Å²) in [5.41, 5.74) is 5.42. The molecule has 0 saturated carbocycles. The molecule has 0 amide bonds. The molecule has 0 bridgehead atoms. The van der Waals surface area contributed by atoms with Crippen LogP contribution in [0, 0.1) is 0 Å². The van der Waals surface area contributed by atoms with Crippen LogP contribution in [0.5, 0.6) is 0 Å². The largest absolute Gasteiger partial charge is 0.447 e. The molecule has 0 aliphatic carbocycles. The maximum absolute atomic E-state index is 10.6. The summed E-state index contributed by atoms with van der Waals surface area (Å²) in [6.07, 6.45) is 1.68. The van der Waals surface area contributed by atoms with E-state index in [0.29, 0.717) is 6.42 Å². The van der Waals surface area contributed by atoms with Gasteiger partial charge in [0.2, 0.25) is 0 Å². The van der Waals surface area contributed by atoms with Crippen LogP contribution in [0.2, 0.25) is 0 Å². The van der Waals surface area contributed by atoms with Crippen molar-refractivity contribution in [3.05, 3.63) is 0 Å². The van der Waals surface area contributed by atoms with Crippen LogP contribution in [0.3, 0.4) is 0 Å². The zero-order valence-electron chi connectivity index (χ0n) is 6.59. The lowest BCUT2D eigenvalue weighted by atomic mass is 10.3. The van der Waals surface area contributed by atoms with Crippen LogP contribution in [0.1, 0.15) is 33.1 Å². The Kier molecular flexibility index (Phi) is 4.94. The molecule has 0 aromatic carbocycles. The molecule has 0 saturated heterocycles. The first-order chi connectivity index (χ1) is 4.70. The minimum Gasteiger partial charge on any atom is -0.447 e. The lowest BCUT2D eigenvalue weighted by Gasteiger charge is -2.10. The summed E-state index contributed by atoms with van der Waals surface area (Å²) < 4.78 is 4.78. The summed E-state index contributed by atoms with van der Waals surface area (Å²) in [5, 5.41) is 0. The predicted octanol–water partition coefficient (Wildman–Crippen LogP) is 1.02. The third-order valence-corrected chi connectivity index (χ3v) is 1.14. The fourth-order valence-electron chi connectivity index (χ4n) is 0.596. The van der Waals surface area contributed by atoms with Gasteiger partial charge in [-0.05, 0) is 6.42 Å². The predicted molar refractivity (Wildman–Crippen MR) is 39.3 cm³/mol. The summed E-state index contributed by atoms with van der Waals surface area (Å²) in [5.74, 6) is -0.221. The molecule has 0 aromatic rings. The lowest BCUT2D eigenvalue weighted by molar-refractivity contribution is -0.148. The van der Waals surface area contributed by atoms with Gasteiger partial charge in [0, 0.05) is 6.42 Å². The Labute approximate surface area is 61.5 Å². The Morgan fingerprint density at radius 3 is 2.60 bits per heavy atom. The molecule has 0 spiro atoms. The molecule has 10 heavy (non-hydrogen) atoms. The van der Waals surface area contributed by atoms with Crippen molar-refractivity contribution < 1.29 is 9.53 Å². The molecule has 0 aliphatic rings. The van der Waals surface area contributed by atoms with Gasteiger partial charge in [0.25, 0.3) is 0 Å². The van der Waals surface area contributed by atoms with Crippen molar-refractivity contribution in [1.82, 2.24) is 0 Å². The van der Waals surface area contributed by atoms with E-state index in [9.17, 15) is 4.79 Å². The number of hydrogen-bond donors (Lipinski definition) is 1. The minimum atomic E-state index is -0.405. The molecule has 0 fully saturated rings. The molecule has 1 atom stereocenters. The van der Waals surface area contributed by atoms with Gasteiger partial charge in [-0.25, -0.2) is 0 Å². The van der Waals surface area contributed by atoms with Crippen LogP contribution in [0.15, 0.2) is 0 Å². The maximum Gasteiger partial charge on any atom is 0.307 e. The third-order valence-electron chi connectivity index (χ3n) is 1.14. The number of esters is 1. The van der Waals surface area contributed by atoms with Crippen LogP contribution in [0.25, 0.3) is 0 Å². The molecule has 3 nitrogen and oxygen atoms in total. The van der Waals surface area contributed by atoms with Crippen LogP contribution < -0.4 is 5.73 Å². The van der Waals surface area contributed by atoms with Crippen LogP contribution in [-0.4, -0.2) is 12.2 Å². The first kappa shape index (κ1) is 9.43. The number of carbonyl (C=O) groups is 1. The normalized spacial score (nSPS) is 12.7. The van der Waals surface area contributed by atoms with E-state index in [1.807, 2.05) is 6.92 Å². The molecule has 2 N–H and O–H groups in total. The topological polar surface area (TPSA) is 52.3 Å².